The van der Waals surface area contributed by atoms with Crippen molar-refractivity contribution < 1.29 is 9.59 Å². The number of rotatable bonds is 4. The zero-order chi connectivity index (χ0) is 18.1. The van der Waals surface area contributed by atoms with E-state index in [2.05, 4.69) is 21.1 Å². The minimum absolute atomic E-state index is 0.0473. The van der Waals surface area contributed by atoms with Crippen LogP contribution in [0.1, 0.15) is 22.8 Å². The Morgan fingerprint density at radius 2 is 2.23 bits per heavy atom. The van der Waals surface area contributed by atoms with E-state index < -0.39 is 0 Å². The van der Waals surface area contributed by atoms with E-state index in [1.54, 1.807) is 40.4 Å². The Hall–Kier alpha value is -2.58. The predicted octanol–water partition coefficient (Wildman–Crippen LogP) is 3.68. The largest absolute Gasteiger partial charge is 0.324 e. The number of hydrogen-bond donors (Lipinski definition) is 2. The molecule has 132 valence electrons. The van der Waals surface area contributed by atoms with E-state index in [0.717, 1.165) is 10.5 Å². The van der Waals surface area contributed by atoms with Gasteiger partial charge in [-0.15, -0.1) is 11.8 Å². The van der Waals surface area contributed by atoms with Crippen molar-refractivity contribution in [3.8, 4) is 0 Å². The van der Waals surface area contributed by atoms with Crippen LogP contribution in [-0.2, 0) is 11.3 Å². The summed E-state index contributed by atoms with van der Waals surface area (Å²) in [6.07, 6.45) is 1.66. The van der Waals surface area contributed by atoms with Crippen molar-refractivity contribution in [3.63, 3.8) is 0 Å². The second kappa shape index (κ2) is 6.97. The zero-order valence-corrected chi connectivity index (χ0v) is 15.6. The number of carbonyl (C=O) groups is 2. The summed E-state index contributed by atoms with van der Waals surface area (Å²) in [5.41, 5.74) is 2.30. The summed E-state index contributed by atoms with van der Waals surface area (Å²) in [6.45, 7) is 2.46. The van der Waals surface area contributed by atoms with E-state index in [1.165, 1.54) is 11.8 Å². The van der Waals surface area contributed by atoms with Crippen LogP contribution in [0.15, 0.2) is 52.2 Å². The maximum absolute atomic E-state index is 12.6. The van der Waals surface area contributed by atoms with E-state index >= 15 is 0 Å². The molecule has 1 atom stereocenters. The van der Waals surface area contributed by atoms with Gasteiger partial charge < -0.3 is 10.6 Å². The lowest BCUT2D eigenvalue weighted by molar-refractivity contribution is -0.115. The second-order valence-corrected chi connectivity index (χ2v) is 8.08. The maximum atomic E-state index is 12.6. The number of hydrogen-bond acceptors (Lipinski definition) is 5. The maximum Gasteiger partial charge on any atom is 0.256 e. The first-order valence-electron chi connectivity index (χ1n) is 8.06. The van der Waals surface area contributed by atoms with Crippen molar-refractivity contribution in [2.45, 2.75) is 23.6 Å². The number of anilines is 2. The van der Waals surface area contributed by atoms with Gasteiger partial charge in [-0.2, -0.15) is 16.4 Å². The van der Waals surface area contributed by atoms with Crippen LogP contribution in [0.3, 0.4) is 0 Å². The Kier molecular flexibility index (Phi) is 4.52. The van der Waals surface area contributed by atoms with Gasteiger partial charge in [0.15, 0.2) is 0 Å². The van der Waals surface area contributed by atoms with Crippen molar-refractivity contribution >= 4 is 46.4 Å². The SMILES string of the molecule is C[C@H]1Sc2ccc(C(=O)Nc3ccnn3Cc3ccsc3)cc2NC1=O. The van der Waals surface area contributed by atoms with Crippen LogP contribution in [0, 0.1) is 0 Å². The highest BCUT2D eigenvalue weighted by molar-refractivity contribution is 8.00. The van der Waals surface area contributed by atoms with Gasteiger partial charge in [-0.05, 0) is 47.5 Å². The summed E-state index contributed by atoms with van der Waals surface area (Å²) in [6, 6.07) is 9.14. The van der Waals surface area contributed by atoms with Crippen LogP contribution in [0.5, 0.6) is 0 Å². The summed E-state index contributed by atoms with van der Waals surface area (Å²) >= 11 is 3.12. The Bertz CT molecular complexity index is 965. The predicted molar refractivity (Wildman–Crippen MR) is 104 cm³/mol. The molecular formula is C18H16N4O2S2. The highest BCUT2D eigenvalue weighted by atomic mass is 32.2. The average molecular weight is 384 g/mol. The van der Waals surface area contributed by atoms with E-state index in [9.17, 15) is 9.59 Å². The highest BCUT2D eigenvalue weighted by Gasteiger charge is 2.24. The first kappa shape index (κ1) is 16.9. The van der Waals surface area contributed by atoms with E-state index in [-0.39, 0.29) is 17.1 Å². The molecule has 6 nitrogen and oxygen atoms in total. The molecule has 1 aliphatic rings. The normalized spacial score (nSPS) is 16.0. The van der Waals surface area contributed by atoms with Gasteiger partial charge in [-0.25, -0.2) is 4.68 Å². The summed E-state index contributed by atoms with van der Waals surface area (Å²) in [4.78, 5) is 25.4. The highest BCUT2D eigenvalue weighted by Crippen LogP contribution is 2.36. The molecule has 0 spiro atoms. The lowest BCUT2D eigenvalue weighted by Gasteiger charge is -2.21. The number of amides is 2. The molecule has 26 heavy (non-hydrogen) atoms. The van der Waals surface area contributed by atoms with E-state index in [1.807, 2.05) is 24.4 Å². The summed E-state index contributed by atoms with van der Waals surface area (Å²) in [5, 5.41) is 13.9. The number of carbonyl (C=O) groups excluding carboxylic acids is 2. The van der Waals surface area contributed by atoms with Crippen LogP contribution in [0.25, 0.3) is 0 Å². The Morgan fingerprint density at radius 1 is 1.35 bits per heavy atom. The third-order valence-electron chi connectivity index (χ3n) is 4.04. The van der Waals surface area contributed by atoms with E-state index in [4.69, 9.17) is 0 Å². The smallest absolute Gasteiger partial charge is 0.256 e. The van der Waals surface area contributed by atoms with Gasteiger partial charge in [0.1, 0.15) is 5.82 Å². The number of thioether (sulfide) groups is 1. The molecule has 2 amide bonds. The van der Waals surface area contributed by atoms with Crippen molar-refractivity contribution in [2.75, 3.05) is 10.6 Å². The summed E-state index contributed by atoms with van der Waals surface area (Å²) in [7, 11) is 0. The number of nitrogens with one attached hydrogen (secondary N) is 2. The monoisotopic (exact) mass is 384 g/mol. The molecule has 0 fully saturated rings. The number of benzene rings is 1. The van der Waals surface area contributed by atoms with Crippen LogP contribution in [-0.4, -0.2) is 26.8 Å². The zero-order valence-electron chi connectivity index (χ0n) is 13.9. The average Bonchev–Trinajstić information content (AvgIpc) is 3.28. The third kappa shape index (κ3) is 3.38. The standard InChI is InChI=1S/C18H16N4O2S2/c1-11-17(23)20-14-8-13(2-3-15(14)26-11)18(24)21-16-4-6-19-22(16)9-12-5-7-25-10-12/h2-8,10-11H,9H2,1H3,(H,20,23)(H,21,24)/t11-/m1/s1. The van der Waals surface area contributed by atoms with Crippen LogP contribution < -0.4 is 10.6 Å². The molecule has 3 aromatic rings. The number of thiophene rings is 1. The fourth-order valence-corrected chi connectivity index (χ4v) is 4.25. The van der Waals surface area contributed by atoms with Gasteiger partial charge in [0.2, 0.25) is 5.91 Å². The number of fused-ring (bicyclic) bond motifs is 1. The fourth-order valence-electron chi connectivity index (χ4n) is 2.66. The molecule has 4 rings (SSSR count). The lowest BCUT2D eigenvalue weighted by Crippen LogP contribution is -2.26. The van der Waals surface area contributed by atoms with Gasteiger partial charge >= 0.3 is 0 Å². The van der Waals surface area contributed by atoms with Gasteiger partial charge in [-0.3, -0.25) is 9.59 Å². The molecule has 0 radical (unpaired) electrons. The van der Waals surface area contributed by atoms with Crippen molar-refractivity contribution in [1.29, 1.82) is 0 Å². The van der Waals surface area contributed by atoms with Gasteiger partial charge in [0, 0.05) is 16.5 Å². The van der Waals surface area contributed by atoms with Crippen molar-refractivity contribution in [1.82, 2.24) is 9.78 Å². The molecule has 3 heterocycles. The first-order valence-corrected chi connectivity index (χ1v) is 9.88. The molecule has 0 saturated carbocycles. The number of nitrogens with zero attached hydrogens (tertiary/aromatic N) is 2. The lowest BCUT2D eigenvalue weighted by atomic mass is 10.1. The molecule has 0 saturated heterocycles. The molecule has 0 aliphatic carbocycles. The molecule has 1 aliphatic heterocycles. The van der Waals surface area contributed by atoms with Crippen LogP contribution >= 0.6 is 23.1 Å². The fraction of sp³-hybridized carbons (Fsp3) is 0.167. The number of aromatic nitrogens is 2. The van der Waals surface area contributed by atoms with Crippen LogP contribution in [0.4, 0.5) is 11.5 Å². The third-order valence-corrected chi connectivity index (χ3v) is 5.95. The molecule has 2 aromatic heterocycles. The molecular weight excluding hydrogens is 368 g/mol. The van der Waals surface area contributed by atoms with Gasteiger partial charge in [-0.1, -0.05) is 0 Å². The Labute approximate surface area is 158 Å². The Morgan fingerprint density at radius 3 is 3.04 bits per heavy atom. The quantitative estimate of drug-likeness (QED) is 0.719. The van der Waals surface area contributed by atoms with Crippen molar-refractivity contribution in [2.24, 2.45) is 0 Å². The van der Waals surface area contributed by atoms with Gasteiger partial charge in [0.25, 0.3) is 5.91 Å². The van der Waals surface area contributed by atoms with Gasteiger partial charge in [0.05, 0.1) is 23.7 Å². The summed E-state index contributed by atoms with van der Waals surface area (Å²) < 4.78 is 1.75. The minimum Gasteiger partial charge on any atom is -0.324 e. The summed E-state index contributed by atoms with van der Waals surface area (Å²) in [5.74, 6) is 0.345. The molecule has 0 unspecified atom stereocenters. The molecule has 8 heteroatoms. The van der Waals surface area contributed by atoms with E-state index in [0.29, 0.717) is 23.6 Å². The first-order chi connectivity index (χ1) is 12.6. The van der Waals surface area contributed by atoms with Crippen LogP contribution in [0.2, 0.25) is 0 Å². The molecule has 1 aromatic carbocycles. The molecule has 2 N–H and O–H groups in total. The Balaban J connectivity index is 1.52. The second-order valence-electron chi connectivity index (χ2n) is 5.92. The van der Waals surface area contributed by atoms with Crippen molar-refractivity contribution in [3.05, 3.63) is 58.4 Å². The molecule has 0 bridgehead atoms. The minimum atomic E-state index is -0.238. The topological polar surface area (TPSA) is 76.0 Å².